The number of ketones is 1. The average molecular weight is 509 g/mol. The van der Waals surface area contributed by atoms with Gasteiger partial charge in [0.05, 0.1) is 5.56 Å². The predicted molar refractivity (Wildman–Crippen MR) is 125 cm³/mol. The van der Waals surface area contributed by atoms with Crippen LogP contribution in [0.5, 0.6) is 0 Å². The van der Waals surface area contributed by atoms with Crippen LogP contribution in [0.15, 0.2) is 92.6 Å². The number of allylic oxidation sites excluding steroid dienone is 1. The van der Waals surface area contributed by atoms with Crippen molar-refractivity contribution in [3.8, 4) is 11.1 Å². The second-order valence-electron chi connectivity index (χ2n) is 6.51. The lowest BCUT2D eigenvalue weighted by molar-refractivity contribution is 0.104. The Morgan fingerprint density at radius 2 is 1.62 bits per heavy atom. The zero-order valence-electron chi connectivity index (χ0n) is 15.2. The summed E-state index contributed by atoms with van der Waals surface area (Å²) in [5.41, 5.74) is 2.74. The molecule has 1 heterocycles. The minimum absolute atomic E-state index is 0.132. The number of rotatable bonds is 4. The van der Waals surface area contributed by atoms with Crippen LogP contribution in [0.4, 0.5) is 0 Å². The molecule has 0 bridgehead atoms. The highest BCUT2D eigenvalue weighted by Crippen LogP contribution is 2.31. The van der Waals surface area contributed by atoms with E-state index in [9.17, 15) is 9.59 Å². The lowest BCUT2D eigenvalue weighted by Crippen LogP contribution is -2.18. The number of carbonyl (C=O) groups excluding carboxylic acids is 1. The molecule has 3 nitrogen and oxygen atoms in total. The Morgan fingerprint density at radius 3 is 2.38 bits per heavy atom. The molecule has 0 unspecified atom stereocenters. The first-order valence-electron chi connectivity index (χ1n) is 8.92. The third kappa shape index (κ3) is 4.16. The van der Waals surface area contributed by atoms with Crippen molar-refractivity contribution in [2.45, 2.75) is 0 Å². The summed E-state index contributed by atoms with van der Waals surface area (Å²) in [6, 6.07) is 22.7. The first kappa shape index (κ1) is 19.6. The number of aromatic nitrogens is 1. The van der Waals surface area contributed by atoms with Crippen LogP contribution in [-0.2, 0) is 0 Å². The summed E-state index contributed by atoms with van der Waals surface area (Å²) < 4.78 is 1.79. The zero-order valence-corrected chi connectivity index (χ0v) is 18.3. The molecule has 5 heteroatoms. The number of aromatic amines is 1. The van der Waals surface area contributed by atoms with E-state index in [0.29, 0.717) is 11.1 Å². The van der Waals surface area contributed by atoms with Crippen molar-refractivity contribution in [3.63, 3.8) is 0 Å². The predicted octanol–water partition coefficient (Wildman–Crippen LogP) is 6.62. The molecular formula is C24H15Br2NO2. The number of pyridine rings is 1. The monoisotopic (exact) mass is 507 g/mol. The fraction of sp³-hybridized carbons (Fsp3) is 0. The molecule has 0 fully saturated rings. The second kappa shape index (κ2) is 8.31. The topological polar surface area (TPSA) is 49.9 Å². The summed E-state index contributed by atoms with van der Waals surface area (Å²) in [5.74, 6) is -0.341. The maximum absolute atomic E-state index is 13.1. The van der Waals surface area contributed by atoms with Crippen LogP contribution < -0.4 is 5.56 Å². The lowest BCUT2D eigenvalue weighted by atomic mass is 9.94. The first-order chi connectivity index (χ1) is 14.0. The molecule has 1 aromatic heterocycles. The van der Waals surface area contributed by atoms with Gasteiger partial charge in [0.25, 0.3) is 5.56 Å². The summed E-state index contributed by atoms with van der Waals surface area (Å²) in [6.45, 7) is 0. The van der Waals surface area contributed by atoms with Crippen LogP contribution in [0.2, 0.25) is 0 Å². The molecule has 0 aliphatic rings. The van der Waals surface area contributed by atoms with Crippen molar-refractivity contribution in [2.75, 3.05) is 0 Å². The lowest BCUT2D eigenvalue weighted by Gasteiger charge is -2.12. The standard InChI is InChI=1S/C24H15Br2NO2/c25-17-8-4-5-15(13-17)9-12-21(28)23-22(16-6-2-1-3-7-16)19-14-18(26)10-11-20(19)27-24(23)29/h1-14H,(H,27,29)/b12-9+. The summed E-state index contributed by atoms with van der Waals surface area (Å²) in [6.07, 6.45) is 3.16. The number of nitrogens with one attached hydrogen (secondary N) is 1. The molecule has 0 saturated heterocycles. The van der Waals surface area contributed by atoms with Gasteiger partial charge < -0.3 is 4.98 Å². The smallest absolute Gasteiger partial charge is 0.260 e. The van der Waals surface area contributed by atoms with E-state index < -0.39 is 5.56 Å². The van der Waals surface area contributed by atoms with Gasteiger partial charge in [-0.3, -0.25) is 9.59 Å². The highest BCUT2D eigenvalue weighted by atomic mass is 79.9. The van der Waals surface area contributed by atoms with Gasteiger partial charge in [-0.05, 0) is 47.5 Å². The number of hydrogen-bond acceptors (Lipinski definition) is 2. The van der Waals surface area contributed by atoms with E-state index in [-0.39, 0.29) is 11.3 Å². The normalized spacial score (nSPS) is 11.2. The van der Waals surface area contributed by atoms with E-state index in [4.69, 9.17) is 0 Å². The van der Waals surface area contributed by atoms with Gasteiger partial charge in [0.2, 0.25) is 0 Å². The quantitative estimate of drug-likeness (QED) is 0.249. The number of H-pyrrole nitrogens is 1. The van der Waals surface area contributed by atoms with Crippen molar-refractivity contribution in [1.82, 2.24) is 4.98 Å². The van der Waals surface area contributed by atoms with Gasteiger partial charge in [0.1, 0.15) is 0 Å². The molecule has 0 spiro atoms. The molecule has 0 aliphatic heterocycles. The van der Waals surface area contributed by atoms with E-state index >= 15 is 0 Å². The van der Waals surface area contributed by atoms with E-state index in [1.807, 2.05) is 72.8 Å². The van der Waals surface area contributed by atoms with Gasteiger partial charge in [-0.1, -0.05) is 80.4 Å². The summed E-state index contributed by atoms with van der Waals surface area (Å²) in [4.78, 5) is 28.9. The summed E-state index contributed by atoms with van der Waals surface area (Å²) >= 11 is 6.92. The van der Waals surface area contributed by atoms with Crippen molar-refractivity contribution in [2.24, 2.45) is 0 Å². The SMILES string of the molecule is O=C(/C=C/c1cccc(Br)c1)c1c(-c2ccccc2)c2cc(Br)ccc2[nH]c1=O. The first-order valence-corrected chi connectivity index (χ1v) is 10.5. The molecule has 3 aromatic carbocycles. The Kier molecular flexibility index (Phi) is 5.60. The Balaban J connectivity index is 1.92. The van der Waals surface area contributed by atoms with Gasteiger partial charge in [-0.25, -0.2) is 0 Å². The molecule has 0 amide bonds. The van der Waals surface area contributed by atoms with Gasteiger partial charge in [0.15, 0.2) is 5.78 Å². The molecule has 4 rings (SSSR count). The molecule has 142 valence electrons. The van der Waals surface area contributed by atoms with Crippen LogP contribution in [0.3, 0.4) is 0 Å². The number of halogens is 2. The Hall–Kier alpha value is -2.76. The summed E-state index contributed by atoms with van der Waals surface area (Å²) in [5, 5.41) is 0.810. The number of hydrogen-bond donors (Lipinski definition) is 1. The van der Waals surface area contributed by atoms with Crippen LogP contribution in [0, 0.1) is 0 Å². The van der Waals surface area contributed by atoms with Crippen molar-refractivity contribution in [3.05, 3.63) is 109 Å². The largest absolute Gasteiger partial charge is 0.321 e. The second-order valence-corrected chi connectivity index (χ2v) is 8.34. The van der Waals surface area contributed by atoms with Gasteiger partial charge >= 0.3 is 0 Å². The molecule has 4 aromatic rings. The molecule has 29 heavy (non-hydrogen) atoms. The zero-order chi connectivity index (χ0) is 20.4. The molecule has 0 radical (unpaired) electrons. The maximum atomic E-state index is 13.1. The minimum Gasteiger partial charge on any atom is -0.321 e. The third-order valence-corrected chi connectivity index (χ3v) is 5.55. The Labute approximate surface area is 184 Å². The maximum Gasteiger partial charge on any atom is 0.260 e. The van der Waals surface area contributed by atoms with Crippen LogP contribution in [0.25, 0.3) is 28.1 Å². The van der Waals surface area contributed by atoms with E-state index in [2.05, 4.69) is 36.8 Å². The van der Waals surface area contributed by atoms with E-state index in [1.165, 1.54) is 6.08 Å². The van der Waals surface area contributed by atoms with Gasteiger partial charge in [-0.2, -0.15) is 0 Å². The Morgan fingerprint density at radius 1 is 0.862 bits per heavy atom. The van der Waals surface area contributed by atoms with Crippen molar-refractivity contribution < 1.29 is 4.79 Å². The Bertz CT molecular complexity index is 1310. The fourth-order valence-corrected chi connectivity index (χ4v) is 4.05. The van der Waals surface area contributed by atoms with Gasteiger partial charge in [0, 0.05) is 25.4 Å². The molecule has 0 aliphatic carbocycles. The van der Waals surface area contributed by atoms with E-state index in [0.717, 1.165) is 25.5 Å². The number of fused-ring (bicyclic) bond motifs is 1. The average Bonchev–Trinajstić information content (AvgIpc) is 2.72. The molecule has 0 atom stereocenters. The van der Waals surface area contributed by atoms with Gasteiger partial charge in [-0.15, -0.1) is 0 Å². The number of benzene rings is 3. The van der Waals surface area contributed by atoms with Crippen LogP contribution in [0.1, 0.15) is 15.9 Å². The molecule has 1 N–H and O–H groups in total. The van der Waals surface area contributed by atoms with Crippen molar-refractivity contribution >= 4 is 54.6 Å². The minimum atomic E-state index is -0.400. The number of carbonyl (C=O) groups is 1. The fourth-order valence-electron chi connectivity index (χ4n) is 3.27. The van der Waals surface area contributed by atoms with Crippen LogP contribution >= 0.6 is 31.9 Å². The highest BCUT2D eigenvalue weighted by Gasteiger charge is 2.19. The highest BCUT2D eigenvalue weighted by molar-refractivity contribution is 9.10. The third-order valence-electron chi connectivity index (χ3n) is 4.56. The molecule has 0 saturated carbocycles. The van der Waals surface area contributed by atoms with Crippen LogP contribution in [-0.4, -0.2) is 10.8 Å². The van der Waals surface area contributed by atoms with E-state index in [1.54, 1.807) is 6.08 Å². The van der Waals surface area contributed by atoms with Crippen molar-refractivity contribution in [1.29, 1.82) is 0 Å². The molecular weight excluding hydrogens is 494 g/mol. The summed E-state index contributed by atoms with van der Waals surface area (Å²) in [7, 11) is 0.